The average Bonchev–Trinajstić information content (AvgIpc) is 2.26. The van der Waals surface area contributed by atoms with E-state index in [9.17, 15) is 31.1 Å². The van der Waals surface area contributed by atoms with Crippen LogP contribution in [0.4, 0.5) is 26.3 Å². The van der Waals surface area contributed by atoms with Crippen molar-refractivity contribution in [2.24, 2.45) is 0 Å². The van der Waals surface area contributed by atoms with Gasteiger partial charge in [0.25, 0.3) is 0 Å². The molecule has 0 aliphatic carbocycles. The van der Waals surface area contributed by atoms with Crippen molar-refractivity contribution in [2.75, 3.05) is 6.61 Å². The second-order valence-electron chi connectivity index (χ2n) is 3.70. The van der Waals surface area contributed by atoms with Gasteiger partial charge in [-0.3, -0.25) is 9.78 Å². The van der Waals surface area contributed by atoms with Gasteiger partial charge in [0, 0.05) is 6.20 Å². The van der Waals surface area contributed by atoms with Crippen molar-refractivity contribution in [1.29, 1.82) is 0 Å². The number of nitrogens with zero attached hydrogens (tertiary/aromatic N) is 1. The molecule has 112 valence electrons. The van der Waals surface area contributed by atoms with Gasteiger partial charge < -0.3 is 4.74 Å². The lowest BCUT2D eigenvalue weighted by Crippen LogP contribution is -2.17. The van der Waals surface area contributed by atoms with E-state index in [4.69, 9.17) is 0 Å². The van der Waals surface area contributed by atoms with Gasteiger partial charge in [0.05, 0.1) is 18.6 Å². The Morgan fingerprint density at radius 3 is 2.25 bits per heavy atom. The van der Waals surface area contributed by atoms with Gasteiger partial charge in [-0.1, -0.05) is 0 Å². The molecule has 1 rings (SSSR count). The number of carbonyl (C=O) groups excluding carboxylic acids is 1. The van der Waals surface area contributed by atoms with Crippen molar-refractivity contribution in [3.05, 3.63) is 29.1 Å². The Morgan fingerprint density at radius 2 is 1.80 bits per heavy atom. The number of pyridine rings is 1. The Kier molecular flexibility index (Phi) is 4.61. The highest BCUT2D eigenvalue weighted by Crippen LogP contribution is 2.35. The summed E-state index contributed by atoms with van der Waals surface area (Å²) in [6.45, 7) is 1.34. The van der Waals surface area contributed by atoms with E-state index in [0.29, 0.717) is 0 Å². The molecule has 1 aromatic heterocycles. The first-order valence-corrected chi connectivity index (χ1v) is 5.34. The third kappa shape index (κ3) is 4.10. The Hall–Kier alpha value is -1.80. The molecule has 0 atom stereocenters. The number of hydrogen-bond acceptors (Lipinski definition) is 3. The summed E-state index contributed by atoms with van der Waals surface area (Å²) in [6.07, 6.45) is -10.6. The average molecular weight is 301 g/mol. The highest BCUT2D eigenvalue weighted by Gasteiger charge is 2.38. The number of carbonyl (C=O) groups is 1. The first-order valence-electron chi connectivity index (χ1n) is 5.34. The standard InChI is InChI=1S/C11H9F6NO2/c1-2-20-9(19)4-6-3-8(11(15,16)17)18-5-7(6)10(12,13)14/h3,5H,2,4H2,1H3. The van der Waals surface area contributed by atoms with Gasteiger partial charge in [0.15, 0.2) is 0 Å². The molecule has 0 aromatic carbocycles. The smallest absolute Gasteiger partial charge is 0.433 e. The Balaban J connectivity index is 3.24. The Morgan fingerprint density at radius 1 is 1.20 bits per heavy atom. The van der Waals surface area contributed by atoms with Gasteiger partial charge in [-0.25, -0.2) is 0 Å². The third-order valence-electron chi connectivity index (χ3n) is 2.23. The van der Waals surface area contributed by atoms with Crippen molar-refractivity contribution in [1.82, 2.24) is 4.98 Å². The van der Waals surface area contributed by atoms with Gasteiger partial charge in [-0.2, -0.15) is 26.3 Å². The van der Waals surface area contributed by atoms with Crippen LogP contribution in [0.3, 0.4) is 0 Å². The van der Waals surface area contributed by atoms with E-state index in [0.717, 1.165) is 0 Å². The molecule has 20 heavy (non-hydrogen) atoms. The largest absolute Gasteiger partial charge is 0.466 e. The maximum absolute atomic E-state index is 12.6. The number of halogens is 6. The quantitative estimate of drug-likeness (QED) is 0.635. The first-order chi connectivity index (χ1) is 9.05. The number of hydrogen-bond donors (Lipinski definition) is 0. The second-order valence-corrected chi connectivity index (χ2v) is 3.70. The lowest BCUT2D eigenvalue weighted by molar-refractivity contribution is -0.146. The zero-order valence-corrected chi connectivity index (χ0v) is 10.1. The molecule has 0 aliphatic heterocycles. The molecular formula is C11H9F6NO2. The SMILES string of the molecule is CCOC(=O)Cc1cc(C(F)(F)F)ncc1C(F)(F)F. The van der Waals surface area contributed by atoms with Crippen LogP contribution in [0, 0.1) is 0 Å². The fourth-order valence-corrected chi connectivity index (χ4v) is 1.42. The molecule has 9 heteroatoms. The lowest BCUT2D eigenvalue weighted by atomic mass is 10.1. The third-order valence-corrected chi connectivity index (χ3v) is 2.23. The summed E-state index contributed by atoms with van der Waals surface area (Å²) in [7, 11) is 0. The molecule has 0 saturated carbocycles. The second kappa shape index (κ2) is 5.68. The van der Waals surface area contributed by atoms with E-state index in [-0.39, 0.29) is 18.9 Å². The summed E-state index contributed by atoms with van der Waals surface area (Å²) in [4.78, 5) is 13.9. The molecule has 0 fully saturated rings. The molecule has 1 heterocycles. The molecule has 0 amide bonds. The molecule has 0 spiro atoms. The van der Waals surface area contributed by atoms with Gasteiger partial charge in [-0.15, -0.1) is 0 Å². The zero-order valence-electron chi connectivity index (χ0n) is 10.1. The van der Waals surface area contributed by atoms with Crippen LogP contribution >= 0.6 is 0 Å². The predicted molar refractivity (Wildman–Crippen MR) is 54.6 cm³/mol. The summed E-state index contributed by atoms with van der Waals surface area (Å²) in [5.74, 6) is -1.04. The topological polar surface area (TPSA) is 39.2 Å². The fraction of sp³-hybridized carbons (Fsp3) is 0.455. The zero-order chi connectivity index (χ0) is 15.6. The summed E-state index contributed by atoms with van der Waals surface area (Å²) >= 11 is 0. The maximum atomic E-state index is 12.6. The van der Waals surface area contributed by atoms with Gasteiger partial charge >= 0.3 is 18.3 Å². The molecule has 0 saturated heterocycles. The van der Waals surface area contributed by atoms with Crippen LogP contribution in [0.2, 0.25) is 0 Å². The van der Waals surface area contributed by atoms with E-state index >= 15 is 0 Å². The molecule has 0 N–H and O–H groups in total. The van der Waals surface area contributed by atoms with Crippen molar-refractivity contribution < 1.29 is 35.9 Å². The van der Waals surface area contributed by atoms with E-state index in [1.54, 1.807) is 0 Å². The highest BCUT2D eigenvalue weighted by molar-refractivity contribution is 5.73. The molecule has 0 bridgehead atoms. The van der Waals surface area contributed by atoms with Crippen LogP contribution in [0.1, 0.15) is 23.7 Å². The number of aromatic nitrogens is 1. The number of rotatable bonds is 3. The van der Waals surface area contributed by atoms with Crippen molar-refractivity contribution in [3.8, 4) is 0 Å². The molecular weight excluding hydrogens is 292 g/mol. The molecule has 0 unspecified atom stereocenters. The molecule has 0 aliphatic rings. The van der Waals surface area contributed by atoms with E-state index < -0.39 is 41.6 Å². The highest BCUT2D eigenvalue weighted by atomic mass is 19.4. The van der Waals surface area contributed by atoms with Crippen LogP contribution in [0.15, 0.2) is 12.3 Å². The molecule has 1 aromatic rings. The van der Waals surface area contributed by atoms with Gasteiger partial charge in [-0.05, 0) is 18.6 Å². The lowest BCUT2D eigenvalue weighted by Gasteiger charge is -2.14. The van der Waals surface area contributed by atoms with Crippen LogP contribution in [0.25, 0.3) is 0 Å². The van der Waals surface area contributed by atoms with Crippen LogP contribution in [0.5, 0.6) is 0 Å². The minimum atomic E-state index is -4.90. The predicted octanol–water partition coefficient (Wildman–Crippen LogP) is 3.22. The van der Waals surface area contributed by atoms with Crippen LogP contribution in [-0.4, -0.2) is 17.6 Å². The summed E-state index contributed by atoms with van der Waals surface area (Å²) in [5, 5.41) is 0. The van der Waals surface area contributed by atoms with Gasteiger partial charge in [0.1, 0.15) is 5.69 Å². The number of esters is 1. The minimum Gasteiger partial charge on any atom is -0.466 e. The van der Waals surface area contributed by atoms with E-state index in [1.807, 2.05) is 0 Å². The monoisotopic (exact) mass is 301 g/mol. The molecule has 3 nitrogen and oxygen atoms in total. The number of alkyl halides is 6. The van der Waals surface area contributed by atoms with Crippen molar-refractivity contribution >= 4 is 5.97 Å². The van der Waals surface area contributed by atoms with Crippen molar-refractivity contribution in [3.63, 3.8) is 0 Å². The Bertz CT molecular complexity index is 495. The fourth-order valence-electron chi connectivity index (χ4n) is 1.42. The summed E-state index contributed by atoms with van der Waals surface area (Å²) in [6, 6.07) is 0.208. The summed E-state index contributed by atoms with van der Waals surface area (Å²) < 4.78 is 79.6. The van der Waals surface area contributed by atoms with Crippen LogP contribution in [-0.2, 0) is 28.3 Å². The van der Waals surface area contributed by atoms with Gasteiger partial charge in [0.2, 0.25) is 0 Å². The maximum Gasteiger partial charge on any atom is 0.433 e. The number of ether oxygens (including phenoxy) is 1. The summed E-state index contributed by atoms with van der Waals surface area (Å²) in [5.41, 5.74) is -3.71. The normalized spacial score (nSPS) is 12.3. The van der Waals surface area contributed by atoms with Crippen molar-refractivity contribution in [2.45, 2.75) is 25.7 Å². The van der Waals surface area contributed by atoms with E-state index in [1.165, 1.54) is 6.92 Å². The minimum absolute atomic E-state index is 0.0668. The van der Waals surface area contributed by atoms with Crippen LogP contribution < -0.4 is 0 Å². The Labute approximate surface area is 109 Å². The van der Waals surface area contributed by atoms with E-state index in [2.05, 4.69) is 9.72 Å². The first kappa shape index (κ1) is 16.3. The molecule has 0 radical (unpaired) electrons.